The first-order valence-corrected chi connectivity index (χ1v) is 8.38. The van der Waals surface area contributed by atoms with E-state index in [1.54, 1.807) is 0 Å². The van der Waals surface area contributed by atoms with E-state index < -0.39 is 41.2 Å². The zero-order valence-corrected chi connectivity index (χ0v) is 13.3. The largest absolute Gasteiger partial charge is 0.480 e. The zero-order chi connectivity index (χ0) is 17.3. The Balaban J connectivity index is 1.86. The molecule has 0 saturated carbocycles. The smallest absolute Gasteiger partial charge is 0.412 e. The number of rotatable bonds is 3. The average molecular weight is 359 g/mol. The molecule has 24 heavy (non-hydrogen) atoms. The van der Waals surface area contributed by atoms with E-state index in [-0.39, 0.29) is 17.9 Å². The molecular weight excluding hydrogens is 344 g/mol. The fourth-order valence-electron chi connectivity index (χ4n) is 2.67. The first-order chi connectivity index (χ1) is 11.5. The molecule has 0 spiro atoms. The van der Waals surface area contributed by atoms with Crippen molar-refractivity contribution < 1.29 is 33.0 Å². The van der Waals surface area contributed by atoms with Gasteiger partial charge in [-0.25, -0.2) is 18.4 Å². The Morgan fingerprint density at radius 1 is 1.38 bits per heavy atom. The fourth-order valence-corrected chi connectivity index (χ4v) is 4.10. The molecule has 1 amide bonds. The lowest BCUT2D eigenvalue weighted by molar-refractivity contribution is -0.141. The van der Waals surface area contributed by atoms with Gasteiger partial charge in [0.15, 0.2) is 0 Å². The number of ether oxygens (including phenoxy) is 2. The van der Waals surface area contributed by atoms with E-state index in [1.165, 1.54) is 6.07 Å². The van der Waals surface area contributed by atoms with Crippen molar-refractivity contribution in [3.8, 4) is 0 Å². The third-order valence-electron chi connectivity index (χ3n) is 3.88. The van der Waals surface area contributed by atoms with Gasteiger partial charge >= 0.3 is 12.1 Å². The number of halogens is 2. The highest BCUT2D eigenvalue weighted by atomic mass is 32.2. The summed E-state index contributed by atoms with van der Waals surface area (Å²) in [5.41, 5.74) is 0.0461. The van der Waals surface area contributed by atoms with Crippen LogP contribution in [0.15, 0.2) is 18.2 Å². The van der Waals surface area contributed by atoms with Crippen LogP contribution in [0.25, 0.3) is 0 Å². The van der Waals surface area contributed by atoms with Crippen LogP contribution in [0.3, 0.4) is 0 Å². The van der Waals surface area contributed by atoms with E-state index >= 15 is 0 Å². The molecule has 1 N–H and O–H groups in total. The molecule has 0 aromatic heterocycles. The van der Waals surface area contributed by atoms with Gasteiger partial charge in [0.05, 0.1) is 13.2 Å². The first-order valence-electron chi connectivity index (χ1n) is 7.33. The molecule has 2 aliphatic rings. The summed E-state index contributed by atoms with van der Waals surface area (Å²) in [4.78, 5) is 24.9. The number of carbonyl (C=O) groups excluding carboxylic acids is 1. The van der Waals surface area contributed by atoms with E-state index in [2.05, 4.69) is 0 Å². The third kappa shape index (κ3) is 3.32. The molecule has 1 aromatic carbocycles. The van der Waals surface area contributed by atoms with Crippen LogP contribution >= 0.6 is 11.8 Å². The van der Waals surface area contributed by atoms with Crippen molar-refractivity contribution in [3.63, 3.8) is 0 Å². The maximum Gasteiger partial charge on any atom is 0.412 e. The predicted octanol–water partition coefficient (Wildman–Crippen LogP) is 2.39. The summed E-state index contributed by atoms with van der Waals surface area (Å²) in [6.07, 6.45) is -0.757. The highest BCUT2D eigenvalue weighted by Gasteiger charge is 2.45. The first kappa shape index (κ1) is 17.0. The molecule has 130 valence electrons. The number of amides is 1. The van der Waals surface area contributed by atoms with Crippen molar-refractivity contribution in [1.29, 1.82) is 0 Å². The Labute approximate surface area is 140 Å². The molecule has 0 aliphatic carbocycles. The van der Waals surface area contributed by atoms with Crippen LogP contribution in [0.5, 0.6) is 0 Å². The number of carboxylic acids is 1. The van der Waals surface area contributed by atoms with E-state index in [4.69, 9.17) is 9.47 Å². The van der Waals surface area contributed by atoms with Gasteiger partial charge in [-0.1, -0.05) is 6.07 Å². The minimum absolute atomic E-state index is 0.0461. The Morgan fingerprint density at radius 3 is 2.79 bits per heavy atom. The van der Waals surface area contributed by atoms with Crippen LogP contribution < -0.4 is 0 Å². The molecule has 6 nitrogen and oxygen atoms in total. The Hall–Kier alpha value is -1.87. The molecule has 0 bridgehead atoms. The average Bonchev–Trinajstić information content (AvgIpc) is 3.16. The summed E-state index contributed by atoms with van der Waals surface area (Å²) in [6, 6.07) is 1.85. The molecule has 2 saturated heterocycles. The van der Waals surface area contributed by atoms with Gasteiger partial charge in [0, 0.05) is 23.8 Å². The van der Waals surface area contributed by atoms with Gasteiger partial charge in [-0.3, -0.25) is 4.90 Å². The van der Waals surface area contributed by atoms with Crippen molar-refractivity contribution in [3.05, 3.63) is 35.4 Å². The van der Waals surface area contributed by atoms with Crippen LogP contribution in [0, 0.1) is 11.6 Å². The Morgan fingerprint density at radius 2 is 2.17 bits per heavy atom. The van der Waals surface area contributed by atoms with E-state index in [1.807, 2.05) is 0 Å². The molecule has 1 aromatic rings. The van der Waals surface area contributed by atoms with Crippen molar-refractivity contribution in [2.24, 2.45) is 0 Å². The van der Waals surface area contributed by atoms with Gasteiger partial charge in [0.25, 0.3) is 0 Å². The normalized spacial score (nSPS) is 26.6. The lowest BCUT2D eigenvalue weighted by Gasteiger charge is -2.28. The van der Waals surface area contributed by atoms with Crippen molar-refractivity contribution in [2.45, 2.75) is 23.9 Å². The number of hydrogen-bond acceptors (Lipinski definition) is 5. The van der Waals surface area contributed by atoms with Gasteiger partial charge in [0.2, 0.25) is 0 Å². The summed E-state index contributed by atoms with van der Waals surface area (Å²) in [7, 11) is 0. The SMILES string of the molecule is O=C(O)C1CSC(c2ccc(F)cc2F)N1C(=O)OC1CCOC1. The second-order valence-electron chi connectivity index (χ2n) is 5.48. The molecule has 9 heteroatoms. The summed E-state index contributed by atoms with van der Waals surface area (Å²) in [5, 5.41) is 8.44. The van der Waals surface area contributed by atoms with Crippen molar-refractivity contribution in [1.82, 2.24) is 4.90 Å². The number of hydrogen-bond donors (Lipinski definition) is 1. The van der Waals surface area contributed by atoms with E-state index in [9.17, 15) is 23.5 Å². The topological polar surface area (TPSA) is 76.1 Å². The Bertz CT molecular complexity index is 653. The molecule has 2 aliphatic heterocycles. The van der Waals surface area contributed by atoms with Crippen LogP contribution in [0.2, 0.25) is 0 Å². The summed E-state index contributed by atoms with van der Waals surface area (Å²) < 4.78 is 37.6. The van der Waals surface area contributed by atoms with Crippen molar-refractivity contribution in [2.75, 3.05) is 19.0 Å². The van der Waals surface area contributed by atoms with Gasteiger partial charge in [-0.2, -0.15) is 0 Å². The highest BCUT2D eigenvalue weighted by Crippen LogP contribution is 2.43. The summed E-state index contributed by atoms with van der Waals surface area (Å²) in [6.45, 7) is 0.713. The van der Waals surface area contributed by atoms with Crippen LogP contribution in [0.1, 0.15) is 17.4 Å². The van der Waals surface area contributed by atoms with Gasteiger partial charge in [-0.05, 0) is 6.07 Å². The van der Waals surface area contributed by atoms with Gasteiger partial charge in [-0.15, -0.1) is 11.8 Å². The quantitative estimate of drug-likeness (QED) is 0.893. The van der Waals surface area contributed by atoms with Gasteiger partial charge < -0.3 is 14.6 Å². The number of aliphatic carboxylic acids is 1. The summed E-state index contributed by atoms with van der Waals surface area (Å²) >= 11 is 1.10. The molecule has 2 fully saturated rings. The van der Waals surface area contributed by atoms with E-state index in [0.717, 1.165) is 22.7 Å². The second-order valence-corrected chi connectivity index (χ2v) is 6.60. The molecule has 0 radical (unpaired) electrons. The number of thioether (sulfide) groups is 1. The van der Waals surface area contributed by atoms with Crippen LogP contribution in [0.4, 0.5) is 13.6 Å². The summed E-state index contributed by atoms with van der Waals surface area (Å²) in [5.74, 6) is -2.69. The van der Waals surface area contributed by atoms with Crippen LogP contribution in [-0.4, -0.2) is 53.2 Å². The third-order valence-corrected chi connectivity index (χ3v) is 5.19. The predicted molar refractivity (Wildman–Crippen MR) is 80.5 cm³/mol. The van der Waals surface area contributed by atoms with E-state index in [0.29, 0.717) is 19.1 Å². The molecule has 3 rings (SSSR count). The highest BCUT2D eigenvalue weighted by molar-refractivity contribution is 7.99. The molecule has 3 atom stereocenters. The Kier molecular flexibility index (Phi) is 4.91. The second kappa shape index (κ2) is 6.94. The van der Waals surface area contributed by atoms with Gasteiger partial charge in [0.1, 0.15) is 29.2 Å². The number of benzene rings is 1. The fraction of sp³-hybridized carbons (Fsp3) is 0.467. The minimum Gasteiger partial charge on any atom is -0.480 e. The maximum atomic E-state index is 14.1. The number of nitrogens with zero attached hydrogens (tertiary/aromatic N) is 1. The number of carboxylic acid groups (broad SMARTS) is 1. The van der Waals surface area contributed by atoms with Crippen molar-refractivity contribution >= 4 is 23.8 Å². The number of carbonyl (C=O) groups is 2. The lowest BCUT2D eigenvalue weighted by Crippen LogP contribution is -2.44. The zero-order valence-electron chi connectivity index (χ0n) is 12.5. The molecular formula is C15H15F2NO5S. The molecule has 3 unspecified atom stereocenters. The standard InChI is InChI=1S/C15H15F2NO5S/c16-8-1-2-10(11(17)5-8)13-18(12(7-24-13)14(19)20)15(21)23-9-3-4-22-6-9/h1-2,5,9,12-13H,3-4,6-7H2,(H,19,20). The van der Waals surface area contributed by atoms with Crippen LogP contribution in [-0.2, 0) is 14.3 Å². The lowest BCUT2D eigenvalue weighted by atomic mass is 10.1. The maximum absolute atomic E-state index is 14.1. The minimum atomic E-state index is -1.20. The monoisotopic (exact) mass is 359 g/mol. The molecule has 2 heterocycles.